The molecule has 0 bridgehead atoms. The maximum atomic E-state index is 5.40. The standard InChI is InChI=1S/C57H36N4S/c1-4-16-38(17-5-1)47-35-49(52(36-48(47)39-18-6-2-7-19-39)61-50-25-13-10-22-43(50)44-23-11-14-26-51(44)61)57-59-55(40-20-8-3-9-21-40)58-56(60-57)41-30-28-37(29-31-41)42-32-33-46-45-24-12-15-27-53(45)62-54(46)34-42/h1-36H. The number of aromatic nitrogens is 4. The Hall–Kier alpha value is -7.99. The highest BCUT2D eigenvalue weighted by Crippen LogP contribution is 2.43. The molecule has 12 aromatic rings. The summed E-state index contributed by atoms with van der Waals surface area (Å²) in [5, 5.41) is 4.98. The van der Waals surface area contributed by atoms with Crippen molar-refractivity contribution in [1.29, 1.82) is 0 Å². The second-order valence-electron chi connectivity index (χ2n) is 15.6. The lowest BCUT2D eigenvalue weighted by Crippen LogP contribution is -2.05. The lowest BCUT2D eigenvalue weighted by Gasteiger charge is -2.20. The van der Waals surface area contributed by atoms with Gasteiger partial charge < -0.3 is 4.57 Å². The third-order valence-corrected chi connectivity index (χ3v) is 13.0. The van der Waals surface area contributed by atoms with Gasteiger partial charge in [-0.05, 0) is 69.8 Å². The molecule has 0 saturated heterocycles. The fourth-order valence-corrected chi connectivity index (χ4v) is 10.1. The SMILES string of the molecule is c1ccc(-c2nc(-c3ccc(-c4ccc5c(c4)sc4ccccc45)cc3)nc(-c3cc(-c4ccccc4)c(-c4ccccc4)cc3-n3c4ccccc4c4ccccc43)n2)cc1. The van der Waals surface area contributed by atoms with Gasteiger partial charge in [-0.3, -0.25) is 0 Å². The van der Waals surface area contributed by atoms with Gasteiger partial charge in [0, 0.05) is 47.6 Å². The van der Waals surface area contributed by atoms with Gasteiger partial charge in [0.25, 0.3) is 0 Å². The topological polar surface area (TPSA) is 43.6 Å². The molecule has 290 valence electrons. The van der Waals surface area contributed by atoms with Gasteiger partial charge in [-0.1, -0.05) is 182 Å². The van der Waals surface area contributed by atoms with E-state index in [0.717, 1.165) is 61.2 Å². The highest BCUT2D eigenvalue weighted by Gasteiger charge is 2.23. The number of hydrogen-bond donors (Lipinski definition) is 0. The van der Waals surface area contributed by atoms with Gasteiger partial charge in [0.2, 0.25) is 0 Å². The second kappa shape index (κ2) is 14.9. The maximum absolute atomic E-state index is 5.40. The zero-order valence-corrected chi connectivity index (χ0v) is 34.3. The molecule has 12 rings (SSSR count). The van der Waals surface area contributed by atoms with Gasteiger partial charge in [-0.15, -0.1) is 11.3 Å². The summed E-state index contributed by atoms with van der Waals surface area (Å²) in [6.07, 6.45) is 0. The third kappa shape index (κ3) is 6.18. The number of fused-ring (bicyclic) bond motifs is 6. The van der Waals surface area contributed by atoms with Crippen LogP contribution in [0.3, 0.4) is 0 Å². The first-order chi connectivity index (χ1) is 30.7. The van der Waals surface area contributed by atoms with E-state index in [0.29, 0.717) is 17.5 Å². The molecule has 0 fully saturated rings. The third-order valence-electron chi connectivity index (χ3n) is 11.9. The average molecular weight is 809 g/mol. The Kier molecular flexibility index (Phi) is 8.65. The number of thiophene rings is 1. The van der Waals surface area contributed by atoms with E-state index in [-0.39, 0.29) is 0 Å². The number of benzene rings is 9. The number of hydrogen-bond acceptors (Lipinski definition) is 4. The minimum Gasteiger partial charge on any atom is -0.308 e. The van der Waals surface area contributed by atoms with Crippen molar-refractivity contribution in [3.8, 4) is 73.2 Å². The molecule has 0 saturated carbocycles. The molecule has 0 aliphatic heterocycles. The molecular weight excluding hydrogens is 773 g/mol. The summed E-state index contributed by atoms with van der Waals surface area (Å²) in [5.74, 6) is 1.83. The van der Waals surface area contributed by atoms with Gasteiger partial charge >= 0.3 is 0 Å². The Morgan fingerprint density at radius 1 is 0.290 bits per heavy atom. The van der Waals surface area contributed by atoms with Crippen LogP contribution in [0.2, 0.25) is 0 Å². The molecule has 5 heteroatoms. The van der Waals surface area contributed by atoms with E-state index in [1.54, 1.807) is 0 Å². The first-order valence-corrected chi connectivity index (χ1v) is 21.7. The van der Waals surface area contributed by atoms with Gasteiger partial charge in [-0.25, -0.2) is 15.0 Å². The number of para-hydroxylation sites is 2. The molecule has 0 aliphatic carbocycles. The summed E-state index contributed by atoms with van der Waals surface area (Å²) in [4.78, 5) is 15.9. The van der Waals surface area contributed by atoms with E-state index >= 15 is 0 Å². The summed E-state index contributed by atoms with van der Waals surface area (Å²) in [5.41, 5.74) is 12.8. The van der Waals surface area contributed by atoms with Crippen molar-refractivity contribution >= 4 is 53.3 Å². The molecule has 0 unspecified atom stereocenters. The molecule has 3 aromatic heterocycles. The fraction of sp³-hybridized carbons (Fsp3) is 0. The molecule has 0 N–H and O–H groups in total. The molecule has 0 aliphatic rings. The van der Waals surface area contributed by atoms with E-state index in [4.69, 9.17) is 15.0 Å². The molecule has 0 atom stereocenters. The quantitative estimate of drug-likeness (QED) is 0.161. The minimum atomic E-state index is 0.599. The summed E-state index contributed by atoms with van der Waals surface area (Å²) in [6.45, 7) is 0. The van der Waals surface area contributed by atoms with E-state index in [1.807, 2.05) is 29.5 Å². The summed E-state index contributed by atoms with van der Waals surface area (Å²) >= 11 is 1.84. The molecule has 0 radical (unpaired) electrons. The predicted octanol–water partition coefficient (Wildman–Crippen LogP) is 15.3. The van der Waals surface area contributed by atoms with Crippen molar-refractivity contribution in [3.63, 3.8) is 0 Å². The summed E-state index contributed by atoms with van der Waals surface area (Å²) in [6, 6.07) is 77.5. The van der Waals surface area contributed by atoms with Gasteiger partial charge in [-0.2, -0.15) is 0 Å². The normalized spacial score (nSPS) is 11.5. The summed E-state index contributed by atoms with van der Waals surface area (Å²) in [7, 11) is 0. The van der Waals surface area contributed by atoms with Gasteiger partial charge in [0.1, 0.15) is 0 Å². The van der Waals surface area contributed by atoms with Crippen molar-refractivity contribution in [2.24, 2.45) is 0 Å². The Bertz CT molecular complexity index is 3560. The zero-order chi connectivity index (χ0) is 41.0. The van der Waals surface area contributed by atoms with Crippen LogP contribution in [0.1, 0.15) is 0 Å². The Labute approximate surface area is 362 Å². The van der Waals surface area contributed by atoms with Crippen LogP contribution in [-0.4, -0.2) is 19.5 Å². The van der Waals surface area contributed by atoms with E-state index in [9.17, 15) is 0 Å². The van der Waals surface area contributed by atoms with Crippen molar-refractivity contribution in [3.05, 3.63) is 218 Å². The maximum Gasteiger partial charge on any atom is 0.166 e. The van der Waals surface area contributed by atoms with Crippen molar-refractivity contribution in [2.75, 3.05) is 0 Å². The van der Waals surface area contributed by atoms with Crippen LogP contribution in [-0.2, 0) is 0 Å². The van der Waals surface area contributed by atoms with Crippen LogP contribution in [0.15, 0.2) is 218 Å². The number of rotatable bonds is 7. The van der Waals surface area contributed by atoms with Crippen LogP contribution in [0, 0.1) is 0 Å². The highest BCUT2D eigenvalue weighted by molar-refractivity contribution is 7.25. The molecule has 0 spiro atoms. The predicted molar refractivity (Wildman–Crippen MR) is 260 cm³/mol. The fourth-order valence-electron chi connectivity index (χ4n) is 8.91. The lowest BCUT2D eigenvalue weighted by atomic mass is 9.91. The molecule has 0 amide bonds. The molecule has 4 nitrogen and oxygen atoms in total. The molecule has 9 aromatic carbocycles. The average Bonchev–Trinajstić information content (AvgIpc) is 3.90. The van der Waals surface area contributed by atoms with Crippen molar-refractivity contribution < 1.29 is 0 Å². The van der Waals surface area contributed by atoms with E-state index in [2.05, 4.69) is 205 Å². The Morgan fingerprint density at radius 3 is 1.37 bits per heavy atom. The first kappa shape index (κ1) is 35.9. The van der Waals surface area contributed by atoms with Crippen LogP contribution >= 0.6 is 11.3 Å². The minimum absolute atomic E-state index is 0.599. The second-order valence-corrected chi connectivity index (χ2v) is 16.7. The van der Waals surface area contributed by atoms with Crippen LogP contribution in [0.5, 0.6) is 0 Å². The van der Waals surface area contributed by atoms with Gasteiger partial charge in [0.05, 0.1) is 16.7 Å². The smallest absolute Gasteiger partial charge is 0.166 e. The van der Waals surface area contributed by atoms with E-state index in [1.165, 1.54) is 36.5 Å². The van der Waals surface area contributed by atoms with E-state index < -0.39 is 0 Å². The van der Waals surface area contributed by atoms with Crippen LogP contribution < -0.4 is 0 Å². The van der Waals surface area contributed by atoms with Crippen molar-refractivity contribution in [2.45, 2.75) is 0 Å². The molecular formula is C57H36N4S. The largest absolute Gasteiger partial charge is 0.308 e. The highest BCUT2D eigenvalue weighted by atomic mass is 32.1. The van der Waals surface area contributed by atoms with Gasteiger partial charge in [0.15, 0.2) is 17.5 Å². The monoisotopic (exact) mass is 808 g/mol. The molecule has 3 heterocycles. The first-order valence-electron chi connectivity index (χ1n) is 20.8. The number of nitrogens with zero attached hydrogens (tertiary/aromatic N) is 4. The Morgan fingerprint density at radius 2 is 0.742 bits per heavy atom. The van der Waals surface area contributed by atoms with Crippen molar-refractivity contribution in [1.82, 2.24) is 19.5 Å². The van der Waals surface area contributed by atoms with Crippen LogP contribution in [0.25, 0.3) is 115 Å². The lowest BCUT2D eigenvalue weighted by molar-refractivity contribution is 1.06. The zero-order valence-electron chi connectivity index (χ0n) is 33.5. The Balaban J connectivity index is 1.09. The van der Waals surface area contributed by atoms with Crippen LogP contribution in [0.4, 0.5) is 0 Å². The summed E-state index contributed by atoms with van der Waals surface area (Å²) < 4.78 is 4.98. The molecule has 62 heavy (non-hydrogen) atoms.